The predicted molar refractivity (Wildman–Crippen MR) is 116 cm³/mol. The molecule has 0 fully saturated rings. The smallest absolute Gasteiger partial charge is 0.161 e. The van der Waals surface area contributed by atoms with Crippen molar-refractivity contribution < 1.29 is 0 Å². The Morgan fingerprint density at radius 3 is 2.58 bits per heavy atom. The van der Waals surface area contributed by atoms with Crippen LogP contribution < -0.4 is 0 Å². The largest absolute Gasteiger partial charge is 0.370 e. The van der Waals surface area contributed by atoms with Crippen molar-refractivity contribution in [3.8, 4) is 12.3 Å². The number of terminal acetylenes is 1. The minimum Gasteiger partial charge on any atom is -0.370 e. The van der Waals surface area contributed by atoms with E-state index in [-0.39, 0.29) is 5.04 Å². The van der Waals surface area contributed by atoms with Crippen LogP contribution in [0, 0.1) is 19.3 Å². The molecule has 2 nitrogen and oxygen atoms in total. The molecule has 0 spiro atoms. The van der Waals surface area contributed by atoms with Crippen LogP contribution in [0.25, 0.3) is 10.9 Å². The van der Waals surface area contributed by atoms with E-state index in [1.807, 2.05) is 0 Å². The van der Waals surface area contributed by atoms with Gasteiger partial charge in [0.15, 0.2) is 8.24 Å². The van der Waals surface area contributed by atoms with E-state index in [9.17, 15) is 0 Å². The lowest BCUT2D eigenvalue weighted by Crippen LogP contribution is -2.48. The van der Waals surface area contributed by atoms with Gasteiger partial charge >= 0.3 is 0 Å². The van der Waals surface area contributed by atoms with E-state index in [0.29, 0.717) is 6.04 Å². The molecule has 1 aromatic heterocycles. The number of likely N-dealkylation sites (N-methyl/N-ethyl adjacent to an activating group) is 1. The van der Waals surface area contributed by atoms with Crippen molar-refractivity contribution in [2.45, 2.75) is 71.1 Å². The van der Waals surface area contributed by atoms with Crippen LogP contribution in [-0.4, -0.2) is 31.0 Å². The molecule has 2 heterocycles. The molecule has 1 aromatic carbocycles. The maximum atomic E-state index is 5.63. The normalized spacial score (nSPS) is 18.8. The maximum absolute atomic E-state index is 5.63. The monoisotopic (exact) mass is 366 g/mol. The van der Waals surface area contributed by atoms with Gasteiger partial charge in [0.2, 0.25) is 0 Å². The standard InChI is InChI=1S/C23H34N2Si/c1-9-10-11-21-22-18(14-15-24(21)6)19-16-17(2)12-13-20(19)25(22)26(7,8)23(3,4)5/h1,12-13,16,21H,10-11,14-15H2,2-8H3. The van der Waals surface area contributed by atoms with Crippen molar-refractivity contribution in [1.82, 2.24) is 9.13 Å². The second-order valence-corrected chi connectivity index (χ2v) is 14.6. The molecular weight excluding hydrogens is 332 g/mol. The Bertz CT molecular complexity index is 861. The second-order valence-electron chi connectivity index (χ2n) is 9.52. The Morgan fingerprint density at radius 1 is 1.27 bits per heavy atom. The summed E-state index contributed by atoms with van der Waals surface area (Å²) in [6.07, 6.45) is 8.66. The third kappa shape index (κ3) is 2.94. The highest BCUT2D eigenvalue weighted by Gasteiger charge is 2.43. The molecule has 0 N–H and O–H groups in total. The van der Waals surface area contributed by atoms with Gasteiger partial charge in [0.1, 0.15) is 0 Å². The zero-order valence-electron chi connectivity index (χ0n) is 17.6. The Balaban J connectivity index is 2.36. The van der Waals surface area contributed by atoms with Crippen LogP contribution in [0.2, 0.25) is 18.1 Å². The Labute approximate surface area is 160 Å². The van der Waals surface area contributed by atoms with Gasteiger partial charge in [-0.3, -0.25) is 4.90 Å². The van der Waals surface area contributed by atoms with Crippen molar-refractivity contribution in [3.63, 3.8) is 0 Å². The number of benzene rings is 1. The number of fused-ring (bicyclic) bond motifs is 3. The topological polar surface area (TPSA) is 8.17 Å². The first-order valence-electron chi connectivity index (χ1n) is 9.87. The Kier molecular flexibility index (Phi) is 4.88. The number of aromatic nitrogens is 1. The summed E-state index contributed by atoms with van der Waals surface area (Å²) < 4.78 is 2.79. The summed E-state index contributed by atoms with van der Waals surface area (Å²) >= 11 is 0. The molecule has 1 unspecified atom stereocenters. The highest BCUT2D eigenvalue weighted by atomic mass is 28.3. The van der Waals surface area contributed by atoms with Crippen LogP contribution in [0.15, 0.2) is 18.2 Å². The lowest BCUT2D eigenvalue weighted by Gasteiger charge is -2.43. The van der Waals surface area contributed by atoms with Crippen molar-refractivity contribution >= 4 is 19.1 Å². The molecule has 140 valence electrons. The molecule has 0 saturated heterocycles. The third-order valence-electron chi connectivity index (χ3n) is 6.79. The predicted octanol–water partition coefficient (Wildman–Crippen LogP) is 5.75. The number of hydrogen-bond donors (Lipinski definition) is 0. The fourth-order valence-electron chi connectivity index (χ4n) is 4.27. The molecular formula is C23H34N2Si. The lowest BCUT2D eigenvalue weighted by atomic mass is 9.94. The fourth-order valence-corrected chi connectivity index (χ4v) is 6.62. The Morgan fingerprint density at radius 2 is 1.96 bits per heavy atom. The third-order valence-corrected chi connectivity index (χ3v) is 12.1. The maximum Gasteiger partial charge on any atom is 0.161 e. The van der Waals surface area contributed by atoms with Crippen LogP contribution in [0.4, 0.5) is 0 Å². The van der Waals surface area contributed by atoms with Gasteiger partial charge < -0.3 is 4.23 Å². The van der Waals surface area contributed by atoms with Gasteiger partial charge in [-0.05, 0) is 49.5 Å². The highest BCUT2D eigenvalue weighted by molar-refractivity contribution is 6.79. The van der Waals surface area contributed by atoms with E-state index in [2.05, 4.69) is 81.1 Å². The number of hydrogen-bond acceptors (Lipinski definition) is 1. The summed E-state index contributed by atoms with van der Waals surface area (Å²) in [6, 6.07) is 7.47. The molecule has 0 aliphatic carbocycles. The number of rotatable bonds is 3. The molecule has 1 atom stereocenters. The number of aryl methyl sites for hydroxylation is 1. The lowest BCUT2D eigenvalue weighted by molar-refractivity contribution is 0.216. The first-order valence-corrected chi connectivity index (χ1v) is 12.8. The van der Waals surface area contributed by atoms with E-state index >= 15 is 0 Å². The van der Waals surface area contributed by atoms with Crippen LogP contribution in [-0.2, 0) is 6.42 Å². The minimum atomic E-state index is -1.76. The average molecular weight is 367 g/mol. The van der Waals surface area contributed by atoms with E-state index in [1.54, 1.807) is 11.3 Å². The van der Waals surface area contributed by atoms with Crippen molar-refractivity contribution in [1.29, 1.82) is 0 Å². The molecule has 0 saturated carbocycles. The zero-order valence-corrected chi connectivity index (χ0v) is 18.6. The Hall–Kier alpha value is -1.50. The molecule has 26 heavy (non-hydrogen) atoms. The minimum absolute atomic E-state index is 0.282. The SMILES string of the molecule is C#CCCC1c2c(c3cc(C)ccc3n2[Si](C)(C)C(C)(C)C)CCN1C. The first kappa shape index (κ1) is 19.3. The molecule has 0 bridgehead atoms. The summed E-state index contributed by atoms with van der Waals surface area (Å²) in [7, 11) is 0.505. The fraction of sp³-hybridized carbons (Fsp3) is 0.565. The molecule has 2 aromatic rings. The van der Waals surface area contributed by atoms with Crippen molar-refractivity contribution in [2.75, 3.05) is 13.6 Å². The molecule has 1 aliphatic rings. The van der Waals surface area contributed by atoms with Gasteiger partial charge in [-0.15, -0.1) is 12.3 Å². The summed E-state index contributed by atoms with van der Waals surface area (Å²) in [6.45, 7) is 15.6. The summed E-state index contributed by atoms with van der Waals surface area (Å²) in [5.41, 5.74) is 5.93. The molecule has 0 radical (unpaired) electrons. The van der Waals surface area contributed by atoms with E-state index in [4.69, 9.17) is 6.42 Å². The van der Waals surface area contributed by atoms with Gasteiger partial charge in [0, 0.05) is 29.6 Å². The molecule has 1 aliphatic heterocycles. The summed E-state index contributed by atoms with van der Waals surface area (Å²) in [5.74, 6) is 2.87. The van der Waals surface area contributed by atoms with Gasteiger partial charge in [0.05, 0.1) is 6.04 Å². The molecule has 3 rings (SSSR count). The van der Waals surface area contributed by atoms with E-state index in [0.717, 1.165) is 25.8 Å². The average Bonchev–Trinajstić information content (AvgIpc) is 2.87. The van der Waals surface area contributed by atoms with E-state index in [1.165, 1.54) is 16.5 Å². The zero-order chi connectivity index (χ0) is 19.3. The van der Waals surface area contributed by atoms with Crippen molar-refractivity contribution in [2.24, 2.45) is 0 Å². The summed E-state index contributed by atoms with van der Waals surface area (Å²) in [5, 5.41) is 1.76. The van der Waals surface area contributed by atoms with Crippen LogP contribution in [0.5, 0.6) is 0 Å². The highest BCUT2D eigenvalue weighted by Crippen LogP contribution is 2.46. The van der Waals surface area contributed by atoms with Gasteiger partial charge in [-0.25, -0.2) is 0 Å². The first-order chi connectivity index (χ1) is 12.1. The van der Waals surface area contributed by atoms with Crippen LogP contribution in [0.3, 0.4) is 0 Å². The van der Waals surface area contributed by atoms with Crippen LogP contribution >= 0.6 is 0 Å². The molecule has 0 amide bonds. The van der Waals surface area contributed by atoms with Crippen LogP contribution in [0.1, 0.15) is 56.5 Å². The van der Waals surface area contributed by atoms with Gasteiger partial charge in [-0.1, -0.05) is 45.5 Å². The van der Waals surface area contributed by atoms with Gasteiger partial charge in [-0.2, -0.15) is 0 Å². The molecule has 3 heteroatoms. The van der Waals surface area contributed by atoms with E-state index < -0.39 is 8.24 Å². The van der Waals surface area contributed by atoms with Gasteiger partial charge in [0.25, 0.3) is 0 Å². The summed E-state index contributed by atoms with van der Waals surface area (Å²) in [4.78, 5) is 2.52. The number of nitrogens with zero attached hydrogens (tertiary/aromatic N) is 2. The quantitative estimate of drug-likeness (QED) is 0.496. The second kappa shape index (κ2) is 6.58. The van der Waals surface area contributed by atoms with Crippen molar-refractivity contribution in [3.05, 3.63) is 35.0 Å².